The highest BCUT2D eigenvalue weighted by Gasteiger charge is 2.13. The normalized spacial score (nSPS) is 12.7. The number of halogens is 1. The first-order valence-electron chi connectivity index (χ1n) is 6.27. The van der Waals surface area contributed by atoms with Gasteiger partial charge in [0.25, 0.3) is 0 Å². The van der Waals surface area contributed by atoms with Crippen LogP contribution in [-0.4, -0.2) is 4.98 Å². The van der Waals surface area contributed by atoms with Crippen molar-refractivity contribution in [1.82, 2.24) is 4.98 Å². The highest BCUT2D eigenvalue weighted by atomic mass is 79.9. The van der Waals surface area contributed by atoms with Gasteiger partial charge in [0.2, 0.25) is 0 Å². The van der Waals surface area contributed by atoms with Crippen molar-refractivity contribution in [2.45, 2.75) is 18.2 Å². The van der Waals surface area contributed by atoms with Gasteiger partial charge in [-0.2, -0.15) is 0 Å². The van der Waals surface area contributed by atoms with E-state index >= 15 is 0 Å². The van der Waals surface area contributed by atoms with E-state index in [1.807, 2.05) is 24.3 Å². The molecule has 0 aliphatic rings. The third-order valence-corrected chi connectivity index (χ3v) is 3.95. The van der Waals surface area contributed by atoms with Crippen molar-refractivity contribution in [2.24, 2.45) is 0 Å². The summed E-state index contributed by atoms with van der Waals surface area (Å²) in [4.78, 5) is 4.73. The molecular formula is C16H14BrNO. The zero-order valence-electron chi connectivity index (χ0n) is 10.6. The molecule has 2 nitrogen and oxygen atoms in total. The summed E-state index contributed by atoms with van der Waals surface area (Å²) in [5.74, 6) is 0.768. The van der Waals surface area contributed by atoms with Gasteiger partial charge in [0.1, 0.15) is 5.52 Å². The van der Waals surface area contributed by atoms with Crippen molar-refractivity contribution in [3.63, 3.8) is 0 Å². The minimum absolute atomic E-state index is 0.223. The van der Waals surface area contributed by atoms with Gasteiger partial charge in [-0.15, -0.1) is 0 Å². The molecule has 0 aliphatic carbocycles. The number of oxazole rings is 1. The van der Waals surface area contributed by atoms with Gasteiger partial charge in [0, 0.05) is 11.2 Å². The maximum absolute atomic E-state index is 5.75. The average Bonchev–Trinajstić information content (AvgIpc) is 2.80. The van der Waals surface area contributed by atoms with Crippen molar-refractivity contribution in [2.75, 3.05) is 0 Å². The van der Waals surface area contributed by atoms with Gasteiger partial charge in [0.05, 0.1) is 0 Å². The van der Waals surface area contributed by atoms with E-state index in [0.29, 0.717) is 0 Å². The molecule has 3 rings (SSSR count). The second-order valence-electron chi connectivity index (χ2n) is 4.66. The summed E-state index contributed by atoms with van der Waals surface area (Å²) in [6.07, 6.45) is 0.748. The van der Waals surface area contributed by atoms with Crippen molar-refractivity contribution in [3.8, 4) is 0 Å². The zero-order chi connectivity index (χ0) is 13.2. The quantitative estimate of drug-likeness (QED) is 0.648. The summed E-state index contributed by atoms with van der Waals surface area (Å²) in [5.41, 5.74) is 4.28. The number of benzene rings is 2. The van der Waals surface area contributed by atoms with E-state index < -0.39 is 0 Å². The van der Waals surface area contributed by atoms with Crippen LogP contribution in [0.1, 0.15) is 21.8 Å². The SMILES string of the molecule is Cc1cccc(C(Br)Cc2nc3ccccc3o2)c1. The smallest absolute Gasteiger partial charge is 0.196 e. The van der Waals surface area contributed by atoms with E-state index in [4.69, 9.17) is 4.42 Å². The van der Waals surface area contributed by atoms with E-state index in [2.05, 4.69) is 52.1 Å². The number of hydrogen-bond acceptors (Lipinski definition) is 2. The molecule has 1 heterocycles. The number of rotatable bonds is 3. The Morgan fingerprint density at radius 3 is 2.79 bits per heavy atom. The van der Waals surface area contributed by atoms with Gasteiger partial charge in [-0.3, -0.25) is 0 Å². The number of aryl methyl sites for hydroxylation is 1. The van der Waals surface area contributed by atoms with Crippen LogP contribution in [0.25, 0.3) is 11.1 Å². The van der Waals surface area contributed by atoms with E-state index in [1.165, 1.54) is 11.1 Å². The largest absolute Gasteiger partial charge is 0.441 e. The molecule has 0 saturated carbocycles. The number of fused-ring (bicyclic) bond motifs is 1. The summed E-state index contributed by atoms with van der Waals surface area (Å²) in [5, 5.41) is 0. The fourth-order valence-electron chi connectivity index (χ4n) is 2.14. The molecular weight excluding hydrogens is 302 g/mol. The number of nitrogens with zero attached hydrogens (tertiary/aromatic N) is 1. The van der Waals surface area contributed by atoms with Gasteiger partial charge in [0.15, 0.2) is 11.5 Å². The minimum atomic E-state index is 0.223. The molecule has 2 aromatic carbocycles. The molecule has 0 amide bonds. The molecule has 3 aromatic rings. The number of alkyl halides is 1. The van der Waals surface area contributed by atoms with Crippen LogP contribution in [0.5, 0.6) is 0 Å². The van der Waals surface area contributed by atoms with Gasteiger partial charge in [-0.1, -0.05) is 57.9 Å². The van der Waals surface area contributed by atoms with Crippen LogP contribution >= 0.6 is 15.9 Å². The first-order valence-corrected chi connectivity index (χ1v) is 7.19. The van der Waals surface area contributed by atoms with Crippen LogP contribution in [0.2, 0.25) is 0 Å². The molecule has 0 aliphatic heterocycles. The molecule has 1 unspecified atom stereocenters. The summed E-state index contributed by atoms with van der Waals surface area (Å²) in [7, 11) is 0. The fraction of sp³-hybridized carbons (Fsp3) is 0.188. The second-order valence-corrected chi connectivity index (χ2v) is 5.77. The lowest BCUT2D eigenvalue weighted by atomic mass is 10.1. The highest BCUT2D eigenvalue weighted by molar-refractivity contribution is 9.09. The molecule has 96 valence electrons. The van der Waals surface area contributed by atoms with E-state index in [1.54, 1.807) is 0 Å². The van der Waals surface area contributed by atoms with Crippen molar-refractivity contribution in [3.05, 3.63) is 65.5 Å². The van der Waals surface area contributed by atoms with Crippen LogP contribution in [0.15, 0.2) is 52.9 Å². The second kappa shape index (κ2) is 5.17. The van der Waals surface area contributed by atoms with Crippen LogP contribution in [0.3, 0.4) is 0 Å². The van der Waals surface area contributed by atoms with Crippen molar-refractivity contribution >= 4 is 27.0 Å². The Morgan fingerprint density at radius 2 is 2.00 bits per heavy atom. The Morgan fingerprint density at radius 1 is 1.16 bits per heavy atom. The van der Waals surface area contributed by atoms with Gasteiger partial charge in [-0.05, 0) is 24.6 Å². The predicted octanol–water partition coefficient (Wildman–Crippen LogP) is 4.81. The summed E-state index contributed by atoms with van der Waals surface area (Å²) in [6, 6.07) is 16.3. The molecule has 0 spiro atoms. The zero-order valence-corrected chi connectivity index (χ0v) is 12.2. The molecule has 1 atom stereocenters. The summed E-state index contributed by atoms with van der Waals surface area (Å²) < 4.78 is 5.75. The van der Waals surface area contributed by atoms with Crippen molar-refractivity contribution in [1.29, 1.82) is 0 Å². The maximum atomic E-state index is 5.75. The van der Waals surface area contributed by atoms with Crippen LogP contribution in [0.4, 0.5) is 0 Å². The number of para-hydroxylation sites is 2. The molecule has 19 heavy (non-hydrogen) atoms. The molecule has 0 N–H and O–H groups in total. The monoisotopic (exact) mass is 315 g/mol. The van der Waals surface area contributed by atoms with Crippen LogP contribution < -0.4 is 0 Å². The first-order chi connectivity index (χ1) is 9.22. The predicted molar refractivity (Wildman–Crippen MR) is 80.6 cm³/mol. The standard InChI is InChI=1S/C16H14BrNO/c1-11-5-4-6-12(9-11)13(17)10-16-18-14-7-2-3-8-15(14)19-16/h2-9,13H,10H2,1H3. The average molecular weight is 316 g/mol. The Kier molecular flexibility index (Phi) is 3.38. The molecule has 0 bridgehead atoms. The van der Waals surface area contributed by atoms with Gasteiger partial charge < -0.3 is 4.42 Å². The molecule has 0 radical (unpaired) electrons. The maximum Gasteiger partial charge on any atom is 0.196 e. The topological polar surface area (TPSA) is 26.0 Å². The summed E-state index contributed by atoms with van der Waals surface area (Å²) >= 11 is 3.71. The highest BCUT2D eigenvalue weighted by Crippen LogP contribution is 2.28. The molecule has 1 aromatic heterocycles. The molecule has 0 fully saturated rings. The van der Waals surface area contributed by atoms with Crippen LogP contribution in [-0.2, 0) is 6.42 Å². The molecule has 3 heteroatoms. The van der Waals surface area contributed by atoms with E-state index in [0.717, 1.165) is 23.4 Å². The number of aromatic nitrogens is 1. The minimum Gasteiger partial charge on any atom is -0.441 e. The lowest BCUT2D eigenvalue weighted by molar-refractivity contribution is 0.527. The lowest BCUT2D eigenvalue weighted by Gasteiger charge is -2.08. The first kappa shape index (κ1) is 12.4. The van der Waals surface area contributed by atoms with Gasteiger partial charge >= 0.3 is 0 Å². The van der Waals surface area contributed by atoms with E-state index in [-0.39, 0.29) is 4.83 Å². The van der Waals surface area contributed by atoms with Crippen molar-refractivity contribution < 1.29 is 4.42 Å². The Balaban J connectivity index is 1.84. The Bertz CT molecular complexity index is 672. The molecule has 0 saturated heterocycles. The fourth-order valence-corrected chi connectivity index (χ4v) is 2.71. The van der Waals surface area contributed by atoms with Crippen LogP contribution in [0, 0.1) is 6.92 Å². The van der Waals surface area contributed by atoms with Gasteiger partial charge in [-0.25, -0.2) is 4.98 Å². The van der Waals surface area contributed by atoms with E-state index in [9.17, 15) is 0 Å². The summed E-state index contributed by atoms with van der Waals surface area (Å²) in [6.45, 7) is 2.10. The lowest BCUT2D eigenvalue weighted by Crippen LogP contribution is -1.95. The Hall–Kier alpha value is -1.61. The third kappa shape index (κ3) is 2.71. The third-order valence-electron chi connectivity index (χ3n) is 3.10. The Labute approximate surface area is 120 Å². The number of hydrogen-bond donors (Lipinski definition) is 0.